The molecule has 1 aliphatic heterocycles. The molecule has 1 N–H and O–H groups in total. The van der Waals surface area contributed by atoms with Gasteiger partial charge in [0.2, 0.25) is 10.0 Å². The first-order chi connectivity index (χ1) is 8.41. The van der Waals surface area contributed by atoms with Crippen molar-refractivity contribution in [2.75, 3.05) is 14.1 Å². The van der Waals surface area contributed by atoms with Gasteiger partial charge < -0.3 is 0 Å². The van der Waals surface area contributed by atoms with Crippen LogP contribution in [0.25, 0.3) is 0 Å². The van der Waals surface area contributed by atoms with Crippen molar-refractivity contribution in [3.63, 3.8) is 0 Å². The van der Waals surface area contributed by atoms with Crippen molar-refractivity contribution < 1.29 is 13.3 Å². The minimum Gasteiger partial charge on any atom is -0.263 e. The van der Waals surface area contributed by atoms with Crippen molar-refractivity contribution in [2.24, 2.45) is 0 Å². The van der Waals surface area contributed by atoms with Crippen molar-refractivity contribution in [1.82, 2.24) is 9.79 Å². The average molecular weight is 333 g/mol. The highest BCUT2D eigenvalue weighted by molar-refractivity contribution is 9.11. The predicted molar refractivity (Wildman–Crippen MR) is 71.3 cm³/mol. The summed E-state index contributed by atoms with van der Waals surface area (Å²) in [5.41, 5.74) is 3.57. The molecule has 0 aromatic heterocycles. The molecule has 1 heterocycles. The monoisotopic (exact) mass is 332 g/mol. The van der Waals surface area contributed by atoms with Crippen LogP contribution in [0.5, 0.6) is 0 Å². The summed E-state index contributed by atoms with van der Waals surface area (Å²) in [6.45, 7) is 0. The minimum atomic E-state index is -3.38. The van der Waals surface area contributed by atoms with Crippen LogP contribution in [0.15, 0.2) is 39.8 Å². The van der Waals surface area contributed by atoms with Gasteiger partial charge in [-0.2, -0.15) is 0 Å². The third kappa shape index (κ3) is 2.59. The third-order valence-electron chi connectivity index (χ3n) is 2.57. The lowest BCUT2D eigenvalue weighted by Crippen LogP contribution is -2.22. The first kappa shape index (κ1) is 13.5. The zero-order valence-electron chi connectivity index (χ0n) is 9.92. The van der Waals surface area contributed by atoms with E-state index in [-0.39, 0.29) is 11.0 Å². The number of benzene rings is 1. The smallest absolute Gasteiger partial charge is 0.242 e. The number of halogens is 1. The molecule has 1 aromatic rings. The third-order valence-corrected chi connectivity index (χ3v) is 4.82. The van der Waals surface area contributed by atoms with E-state index in [1.807, 2.05) is 6.08 Å². The van der Waals surface area contributed by atoms with Crippen molar-refractivity contribution in [1.29, 1.82) is 0 Å². The molecule has 1 atom stereocenters. The molecule has 0 unspecified atom stereocenters. The second kappa shape index (κ2) is 5.00. The Kier molecular flexibility index (Phi) is 3.76. The molecule has 2 rings (SSSR count). The van der Waals surface area contributed by atoms with Gasteiger partial charge in [-0.05, 0) is 39.7 Å². The van der Waals surface area contributed by atoms with Gasteiger partial charge in [-0.3, -0.25) is 10.3 Å². The standard InChI is InChI=1S/C11H13BrN2O3S/c1-14(2)18(15,16)9-5-3-8(4-6-9)10-7-11(12)13-17-10/h3-7,10,13H,1-2H3/t10-/m1/s1. The van der Waals surface area contributed by atoms with Crippen molar-refractivity contribution in [3.05, 3.63) is 40.5 Å². The van der Waals surface area contributed by atoms with Gasteiger partial charge in [-0.15, -0.1) is 0 Å². The molecule has 98 valence electrons. The fourth-order valence-corrected chi connectivity index (χ4v) is 2.76. The molecule has 0 spiro atoms. The Labute approximate surface area is 115 Å². The van der Waals surface area contributed by atoms with E-state index in [1.165, 1.54) is 18.4 Å². The molecule has 0 bridgehead atoms. The molecule has 0 saturated heterocycles. The van der Waals surface area contributed by atoms with Gasteiger partial charge in [0.15, 0.2) is 0 Å². The van der Waals surface area contributed by atoms with E-state index in [0.717, 1.165) is 10.2 Å². The maximum Gasteiger partial charge on any atom is 0.242 e. The van der Waals surface area contributed by atoms with Crippen LogP contribution in [-0.4, -0.2) is 26.8 Å². The number of hydroxylamine groups is 1. The van der Waals surface area contributed by atoms with E-state index < -0.39 is 10.0 Å². The van der Waals surface area contributed by atoms with Gasteiger partial charge >= 0.3 is 0 Å². The maximum atomic E-state index is 11.9. The molecule has 0 aliphatic carbocycles. The first-order valence-electron chi connectivity index (χ1n) is 5.23. The van der Waals surface area contributed by atoms with Crippen LogP contribution in [0, 0.1) is 0 Å². The van der Waals surface area contributed by atoms with E-state index in [9.17, 15) is 8.42 Å². The lowest BCUT2D eigenvalue weighted by Gasteiger charge is -2.12. The number of nitrogens with zero attached hydrogens (tertiary/aromatic N) is 1. The van der Waals surface area contributed by atoms with Crippen LogP contribution < -0.4 is 5.48 Å². The maximum absolute atomic E-state index is 11.9. The Morgan fingerprint density at radius 3 is 2.33 bits per heavy atom. The zero-order chi connectivity index (χ0) is 13.3. The van der Waals surface area contributed by atoms with E-state index >= 15 is 0 Å². The van der Waals surface area contributed by atoms with Crippen LogP contribution >= 0.6 is 15.9 Å². The van der Waals surface area contributed by atoms with Crippen LogP contribution in [0.1, 0.15) is 11.7 Å². The summed E-state index contributed by atoms with van der Waals surface area (Å²) >= 11 is 3.26. The molecule has 7 heteroatoms. The number of nitrogens with one attached hydrogen (secondary N) is 1. The van der Waals surface area contributed by atoms with E-state index in [2.05, 4.69) is 21.4 Å². The molecular weight excluding hydrogens is 320 g/mol. The molecule has 1 aromatic carbocycles. The summed E-state index contributed by atoms with van der Waals surface area (Å²) in [7, 11) is -0.362. The molecule has 0 saturated carbocycles. The fourth-order valence-electron chi connectivity index (χ4n) is 1.53. The molecule has 1 aliphatic rings. The Bertz CT molecular complexity index is 566. The van der Waals surface area contributed by atoms with E-state index in [0.29, 0.717) is 0 Å². The SMILES string of the molecule is CN(C)S(=O)(=O)c1ccc([C@H]2C=C(Br)NO2)cc1. The molecule has 5 nitrogen and oxygen atoms in total. The Morgan fingerprint density at radius 2 is 1.89 bits per heavy atom. The molecule has 0 amide bonds. The summed E-state index contributed by atoms with van der Waals surface area (Å²) in [6.07, 6.45) is 1.64. The highest BCUT2D eigenvalue weighted by Crippen LogP contribution is 2.27. The van der Waals surface area contributed by atoms with E-state index in [4.69, 9.17) is 4.84 Å². The summed E-state index contributed by atoms with van der Waals surface area (Å²) in [5.74, 6) is 0. The Morgan fingerprint density at radius 1 is 1.28 bits per heavy atom. The summed E-state index contributed by atoms with van der Waals surface area (Å²) in [6, 6.07) is 6.64. The Hall–Kier alpha value is -0.890. The van der Waals surface area contributed by atoms with Gasteiger partial charge in [0.1, 0.15) is 10.7 Å². The summed E-state index contributed by atoms with van der Waals surface area (Å²) < 4.78 is 25.7. The van der Waals surface area contributed by atoms with E-state index in [1.54, 1.807) is 24.3 Å². The normalized spacial score (nSPS) is 19.8. The molecular formula is C11H13BrN2O3S. The zero-order valence-corrected chi connectivity index (χ0v) is 12.3. The van der Waals surface area contributed by atoms with Gasteiger partial charge in [-0.1, -0.05) is 12.1 Å². The van der Waals surface area contributed by atoms with Gasteiger partial charge in [0, 0.05) is 14.1 Å². The molecule has 0 radical (unpaired) electrons. The van der Waals surface area contributed by atoms with Gasteiger partial charge in [-0.25, -0.2) is 12.7 Å². The van der Waals surface area contributed by atoms with Crippen molar-refractivity contribution >= 4 is 26.0 Å². The summed E-state index contributed by atoms with van der Waals surface area (Å²) in [5, 5.41) is 0. The summed E-state index contributed by atoms with van der Waals surface area (Å²) in [4.78, 5) is 5.54. The lowest BCUT2D eigenvalue weighted by molar-refractivity contribution is 0.0457. The largest absolute Gasteiger partial charge is 0.263 e. The van der Waals surface area contributed by atoms with Crippen LogP contribution in [0.4, 0.5) is 0 Å². The quantitative estimate of drug-likeness (QED) is 0.857. The fraction of sp³-hybridized carbons (Fsp3) is 0.273. The van der Waals surface area contributed by atoms with Gasteiger partial charge in [0.25, 0.3) is 0 Å². The number of hydrogen-bond acceptors (Lipinski definition) is 4. The number of sulfonamides is 1. The van der Waals surface area contributed by atoms with Crippen molar-refractivity contribution in [2.45, 2.75) is 11.0 Å². The second-order valence-corrected chi connectivity index (χ2v) is 7.02. The highest BCUT2D eigenvalue weighted by atomic mass is 79.9. The second-order valence-electron chi connectivity index (χ2n) is 4.01. The predicted octanol–water partition coefficient (Wildman–Crippen LogP) is 1.75. The molecule has 0 fully saturated rings. The van der Waals surface area contributed by atoms with Crippen LogP contribution in [0.3, 0.4) is 0 Å². The first-order valence-corrected chi connectivity index (χ1v) is 7.46. The van der Waals surface area contributed by atoms with Crippen LogP contribution in [-0.2, 0) is 14.9 Å². The number of hydrogen-bond donors (Lipinski definition) is 1. The highest BCUT2D eigenvalue weighted by Gasteiger charge is 2.20. The molecule has 18 heavy (non-hydrogen) atoms. The number of rotatable bonds is 3. The lowest BCUT2D eigenvalue weighted by atomic mass is 10.1. The van der Waals surface area contributed by atoms with Crippen LogP contribution in [0.2, 0.25) is 0 Å². The van der Waals surface area contributed by atoms with Gasteiger partial charge in [0.05, 0.1) is 4.90 Å². The Balaban J connectivity index is 2.26. The van der Waals surface area contributed by atoms with Crippen molar-refractivity contribution in [3.8, 4) is 0 Å². The topological polar surface area (TPSA) is 58.6 Å². The average Bonchev–Trinajstić information content (AvgIpc) is 2.76. The minimum absolute atomic E-state index is 0.213.